The maximum absolute atomic E-state index is 12.3. The highest BCUT2D eigenvalue weighted by Gasteiger charge is 2.18. The van der Waals surface area contributed by atoms with Gasteiger partial charge in [-0.25, -0.2) is 9.18 Å². The topological polar surface area (TPSA) is 54.4 Å². The van der Waals surface area contributed by atoms with Crippen molar-refractivity contribution in [3.8, 4) is 0 Å². The Kier molecular flexibility index (Phi) is 4.41. The number of carboxylic acid groups (broad SMARTS) is 1. The van der Waals surface area contributed by atoms with Crippen LogP contribution in [0.3, 0.4) is 0 Å². The molecule has 0 saturated heterocycles. The third kappa shape index (κ3) is 4.47. The molecule has 0 aliphatic heterocycles. The molecule has 1 unspecified atom stereocenters. The second kappa shape index (κ2) is 4.82. The lowest BCUT2D eigenvalue weighted by molar-refractivity contribution is -0.144. The largest absolute Gasteiger partial charge is 0.479 e. The molecule has 1 atom stereocenters. The van der Waals surface area contributed by atoms with Gasteiger partial charge in [-0.05, 0) is 6.42 Å². The predicted octanol–water partition coefficient (Wildman–Crippen LogP) is 1.17. The first-order valence-electron chi connectivity index (χ1n) is 3.46. The summed E-state index contributed by atoms with van der Waals surface area (Å²) in [6, 6.07) is 0. The minimum Gasteiger partial charge on any atom is -0.479 e. The lowest BCUT2D eigenvalue weighted by atomic mass is 10.1. The summed E-state index contributed by atoms with van der Waals surface area (Å²) in [5, 5.41) is 8.07. The number of hydrogen-bond acceptors (Lipinski definition) is 2. The SMILES string of the molecule is CCCC(=O)CC(F)C(=O)O. The fourth-order valence-corrected chi connectivity index (χ4v) is 0.668. The van der Waals surface area contributed by atoms with Gasteiger partial charge in [-0.3, -0.25) is 4.79 Å². The Bertz CT molecular complexity index is 156. The van der Waals surface area contributed by atoms with Crippen LogP contribution in [0.2, 0.25) is 0 Å². The van der Waals surface area contributed by atoms with E-state index in [0.29, 0.717) is 6.42 Å². The molecule has 0 radical (unpaired) electrons. The summed E-state index contributed by atoms with van der Waals surface area (Å²) in [5.74, 6) is -1.89. The fraction of sp³-hybridized carbons (Fsp3) is 0.714. The number of ketones is 1. The smallest absolute Gasteiger partial charge is 0.338 e. The van der Waals surface area contributed by atoms with Gasteiger partial charge in [0.15, 0.2) is 0 Å². The number of rotatable bonds is 5. The monoisotopic (exact) mass is 162 g/mol. The zero-order valence-corrected chi connectivity index (χ0v) is 6.34. The molecule has 4 heteroatoms. The Morgan fingerprint density at radius 1 is 1.55 bits per heavy atom. The second-order valence-electron chi connectivity index (χ2n) is 2.30. The van der Waals surface area contributed by atoms with Gasteiger partial charge in [-0.1, -0.05) is 6.92 Å². The summed E-state index contributed by atoms with van der Waals surface area (Å²) in [6.07, 6.45) is -1.64. The molecule has 3 nitrogen and oxygen atoms in total. The summed E-state index contributed by atoms with van der Waals surface area (Å²) >= 11 is 0. The number of alkyl halides is 1. The molecule has 0 heterocycles. The Balaban J connectivity index is 3.66. The van der Waals surface area contributed by atoms with Gasteiger partial charge in [0.05, 0.1) is 0 Å². The van der Waals surface area contributed by atoms with Crippen molar-refractivity contribution in [2.24, 2.45) is 0 Å². The van der Waals surface area contributed by atoms with Gasteiger partial charge < -0.3 is 5.11 Å². The van der Waals surface area contributed by atoms with E-state index in [4.69, 9.17) is 5.11 Å². The number of aliphatic carboxylic acids is 1. The number of carbonyl (C=O) groups excluding carboxylic acids is 1. The lowest BCUT2D eigenvalue weighted by Gasteiger charge is -1.99. The van der Waals surface area contributed by atoms with Crippen LogP contribution in [0.1, 0.15) is 26.2 Å². The number of carboxylic acids is 1. The molecule has 64 valence electrons. The fourth-order valence-electron chi connectivity index (χ4n) is 0.668. The molecule has 0 saturated carbocycles. The molecule has 0 amide bonds. The third-order valence-electron chi connectivity index (χ3n) is 1.20. The first-order valence-corrected chi connectivity index (χ1v) is 3.46. The van der Waals surface area contributed by atoms with Crippen molar-refractivity contribution in [2.75, 3.05) is 0 Å². The highest BCUT2D eigenvalue weighted by molar-refractivity contribution is 5.84. The molecule has 0 fully saturated rings. The van der Waals surface area contributed by atoms with Crippen molar-refractivity contribution in [1.82, 2.24) is 0 Å². The van der Waals surface area contributed by atoms with Crippen molar-refractivity contribution in [1.29, 1.82) is 0 Å². The van der Waals surface area contributed by atoms with Crippen LogP contribution in [0.4, 0.5) is 4.39 Å². The Labute approximate surface area is 64.2 Å². The summed E-state index contributed by atoms with van der Waals surface area (Å²) in [4.78, 5) is 20.6. The van der Waals surface area contributed by atoms with E-state index >= 15 is 0 Å². The van der Waals surface area contributed by atoms with Crippen LogP contribution in [0.25, 0.3) is 0 Å². The van der Waals surface area contributed by atoms with E-state index in [-0.39, 0.29) is 12.2 Å². The molecular formula is C7H11FO3. The summed E-state index contributed by atoms with van der Waals surface area (Å²) < 4.78 is 12.3. The van der Waals surface area contributed by atoms with E-state index in [0.717, 1.165) is 0 Å². The number of Topliss-reactive ketones (excluding diaryl/α,β-unsaturated/α-hetero) is 1. The van der Waals surface area contributed by atoms with E-state index in [9.17, 15) is 14.0 Å². The van der Waals surface area contributed by atoms with E-state index in [1.807, 2.05) is 0 Å². The van der Waals surface area contributed by atoms with E-state index in [1.165, 1.54) is 0 Å². The molecule has 0 aliphatic rings. The molecular weight excluding hydrogens is 151 g/mol. The number of hydrogen-bond donors (Lipinski definition) is 1. The average Bonchev–Trinajstić information content (AvgIpc) is 1.87. The quantitative estimate of drug-likeness (QED) is 0.660. The first kappa shape index (κ1) is 10.1. The van der Waals surface area contributed by atoms with Crippen LogP contribution in [0.15, 0.2) is 0 Å². The number of carbonyl (C=O) groups is 2. The van der Waals surface area contributed by atoms with Crippen LogP contribution in [-0.4, -0.2) is 23.0 Å². The Morgan fingerprint density at radius 2 is 2.09 bits per heavy atom. The van der Waals surface area contributed by atoms with Crippen LogP contribution in [0.5, 0.6) is 0 Å². The highest BCUT2D eigenvalue weighted by atomic mass is 19.1. The van der Waals surface area contributed by atoms with Gasteiger partial charge in [-0.2, -0.15) is 0 Å². The molecule has 0 aliphatic carbocycles. The third-order valence-corrected chi connectivity index (χ3v) is 1.20. The van der Waals surface area contributed by atoms with Crippen molar-refractivity contribution < 1.29 is 19.1 Å². The van der Waals surface area contributed by atoms with Gasteiger partial charge >= 0.3 is 5.97 Å². The molecule has 0 aromatic carbocycles. The van der Waals surface area contributed by atoms with Crippen molar-refractivity contribution >= 4 is 11.8 Å². The van der Waals surface area contributed by atoms with Gasteiger partial charge in [-0.15, -0.1) is 0 Å². The van der Waals surface area contributed by atoms with E-state index < -0.39 is 18.6 Å². The highest BCUT2D eigenvalue weighted by Crippen LogP contribution is 2.02. The van der Waals surface area contributed by atoms with Gasteiger partial charge in [0, 0.05) is 12.8 Å². The maximum Gasteiger partial charge on any atom is 0.338 e. The molecule has 11 heavy (non-hydrogen) atoms. The van der Waals surface area contributed by atoms with Crippen LogP contribution < -0.4 is 0 Å². The Morgan fingerprint density at radius 3 is 2.45 bits per heavy atom. The minimum absolute atomic E-state index is 0.258. The first-order chi connectivity index (χ1) is 5.07. The van der Waals surface area contributed by atoms with E-state index in [1.54, 1.807) is 6.92 Å². The van der Waals surface area contributed by atoms with Crippen molar-refractivity contribution in [3.05, 3.63) is 0 Å². The zero-order chi connectivity index (χ0) is 8.85. The molecule has 0 bridgehead atoms. The zero-order valence-electron chi connectivity index (χ0n) is 6.34. The van der Waals surface area contributed by atoms with Crippen LogP contribution in [0, 0.1) is 0 Å². The average molecular weight is 162 g/mol. The van der Waals surface area contributed by atoms with Crippen LogP contribution >= 0.6 is 0 Å². The molecule has 0 aromatic heterocycles. The summed E-state index contributed by atoms with van der Waals surface area (Å²) in [5.41, 5.74) is 0. The number of halogens is 1. The minimum atomic E-state index is -2.03. The maximum atomic E-state index is 12.3. The van der Waals surface area contributed by atoms with Gasteiger partial charge in [0.25, 0.3) is 0 Å². The van der Waals surface area contributed by atoms with Crippen molar-refractivity contribution in [2.45, 2.75) is 32.4 Å². The predicted molar refractivity (Wildman–Crippen MR) is 37.1 cm³/mol. The summed E-state index contributed by atoms with van der Waals surface area (Å²) in [6.45, 7) is 1.78. The van der Waals surface area contributed by atoms with E-state index in [2.05, 4.69) is 0 Å². The van der Waals surface area contributed by atoms with Crippen molar-refractivity contribution in [3.63, 3.8) is 0 Å². The second-order valence-corrected chi connectivity index (χ2v) is 2.30. The van der Waals surface area contributed by atoms with Gasteiger partial charge in [0.2, 0.25) is 6.17 Å². The lowest BCUT2D eigenvalue weighted by Crippen LogP contribution is -2.18. The van der Waals surface area contributed by atoms with Crippen LogP contribution in [-0.2, 0) is 9.59 Å². The molecule has 0 aromatic rings. The van der Waals surface area contributed by atoms with Gasteiger partial charge in [0.1, 0.15) is 5.78 Å². The molecule has 1 N–H and O–H groups in total. The molecule has 0 rings (SSSR count). The Hall–Kier alpha value is -0.930. The summed E-state index contributed by atoms with van der Waals surface area (Å²) in [7, 11) is 0. The molecule has 0 spiro atoms. The standard InChI is InChI=1S/C7H11FO3/c1-2-3-5(9)4-6(8)7(10)11/h6H,2-4H2,1H3,(H,10,11). The normalized spacial score (nSPS) is 12.5.